The molecule has 2 rings (SSSR count). The van der Waals surface area contributed by atoms with Gasteiger partial charge in [0, 0.05) is 5.56 Å². The molecule has 0 saturated heterocycles. The van der Waals surface area contributed by atoms with E-state index >= 15 is 0 Å². The van der Waals surface area contributed by atoms with Crippen molar-refractivity contribution >= 4 is 11.6 Å². The number of aliphatic hydroxyl groups is 1. The highest BCUT2D eigenvalue weighted by Crippen LogP contribution is 2.44. The zero-order chi connectivity index (χ0) is 14.7. The monoisotopic (exact) mass is 298 g/mol. The van der Waals surface area contributed by atoms with Gasteiger partial charge in [0.05, 0.1) is 25.3 Å². The second-order valence-electron chi connectivity index (χ2n) is 5.67. The van der Waals surface area contributed by atoms with Gasteiger partial charge in [-0.05, 0) is 30.7 Å². The Hall–Kier alpha value is -0.930. The SMILES string of the molecule is COc1ccc(C(O)C2CCC(C)CC2)c(Cl)c1OC. The van der Waals surface area contributed by atoms with E-state index in [1.165, 1.54) is 12.8 Å². The summed E-state index contributed by atoms with van der Waals surface area (Å²) in [7, 11) is 3.13. The summed E-state index contributed by atoms with van der Waals surface area (Å²) in [4.78, 5) is 0. The Balaban J connectivity index is 2.23. The van der Waals surface area contributed by atoms with Crippen molar-refractivity contribution in [2.75, 3.05) is 14.2 Å². The zero-order valence-corrected chi connectivity index (χ0v) is 13.1. The third kappa shape index (κ3) is 3.04. The van der Waals surface area contributed by atoms with Crippen molar-refractivity contribution in [2.45, 2.75) is 38.7 Å². The molecule has 0 heterocycles. The molecule has 0 spiro atoms. The van der Waals surface area contributed by atoms with Crippen LogP contribution in [0.5, 0.6) is 11.5 Å². The van der Waals surface area contributed by atoms with Gasteiger partial charge >= 0.3 is 0 Å². The molecule has 1 atom stereocenters. The number of halogens is 1. The first kappa shape index (κ1) is 15.5. The fourth-order valence-corrected chi connectivity index (χ4v) is 3.33. The van der Waals surface area contributed by atoms with E-state index < -0.39 is 6.10 Å². The maximum absolute atomic E-state index is 10.6. The normalized spacial score (nSPS) is 24.2. The summed E-state index contributed by atoms with van der Waals surface area (Å²) in [5, 5.41) is 11.1. The van der Waals surface area contributed by atoms with E-state index in [2.05, 4.69) is 6.92 Å². The maximum Gasteiger partial charge on any atom is 0.179 e. The molecule has 1 aromatic carbocycles. The molecule has 1 N–H and O–H groups in total. The summed E-state index contributed by atoms with van der Waals surface area (Å²) in [5.74, 6) is 2.13. The molecule has 4 heteroatoms. The second-order valence-corrected chi connectivity index (χ2v) is 6.05. The van der Waals surface area contributed by atoms with Gasteiger partial charge in [0.1, 0.15) is 0 Å². The lowest BCUT2D eigenvalue weighted by atomic mass is 9.78. The summed E-state index contributed by atoms with van der Waals surface area (Å²) >= 11 is 6.37. The summed E-state index contributed by atoms with van der Waals surface area (Å²) in [5.41, 5.74) is 0.740. The van der Waals surface area contributed by atoms with E-state index in [4.69, 9.17) is 21.1 Å². The lowest BCUT2D eigenvalue weighted by Gasteiger charge is -2.30. The van der Waals surface area contributed by atoms with Gasteiger partial charge in [0.25, 0.3) is 0 Å². The molecule has 0 amide bonds. The Kier molecular flexibility index (Phi) is 5.17. The molecule has 0 aromatic heterocycles. The first-order valence-electron chi connectivity index (χ1n) is 7.16. The van der Waals surface area contributed by atoms with E-state index in [9.17, 15) is 5.11 Å². The number of ether oxygens (including phenoxy) is 2. The molecule has 1 aliphatic carbocycles. The molecular weight excluding hydrogens is 276 g/mol. The van der Waals surface area contributed by atoms with Crippen molar-refractivity contribution in [3.63, 3.8) is 0 Å². The highest BCUT2D eigenvalue weighted by molar-refractivity contribution is 6.33. The van der Waals surface area contributed by atoms with Crippen LogP contribution in [-0.2, 0) is 0 Å². The Morgan fingerprint density at radius 3 is 2.35 bits per heavy atom. The van der Waals surface area contributed by atoms with Gasteiger partial charge in [0.2, 0.25) is 0 Å². The van der Waals surface area contributed by atoms with Gasteiger partial charge in [0.15, 0.2) is 11.5 Å². The average Bonchev–Trinajstić information content (AvgIpc) is 2.47. The third-order valence-corrected chi connectivity index (χ3v) is 4.73. The van der Waals surface area contributed by atoms with Crippen LogP contribution in [0, 0.1) is 11.8 Å². The number of methoxy groups -OCH3 is 2. The van der Waals surface area contributed by atoms with Gasteiger partial charge in [-0.3, -0.25) is 0 Å². The number of hydrogen-bond acceptors (Lipinski definition) is 3. The minimum atomic E-state index is -0.533. The highest BCUT2D eigenvalue weighted by atomic mass is 35.5. The van der Waals surface area contributed by atoms with Crippen LogP contribution in [-0.4, -0.2) is 19.3 Å². The Labute approximate surface area is 125 Å². The molecular formula is C16H23ClO3. The Bertz CT molecular complexity index is 453. The number of hydrogen-bond donors (Lipinski definition) is 1. The molecule has 112 valence electrons. The molecule has 1 saturated carbocycles. The molecule has 0 bridgehead atoms. The third-order valence-electron chi connectivity index (χ3n) is 4.34. The van der Waals surface area contributed by atoms with Crippen molar-refractivity contribution in [3.8, 4) is 11.5 Å². The van der Waals surface area contributed by atoms with Crippen molar-refractivity contribution < 1.29 is 14.6 Å². The predicted molar refractivity (Wildman–Crippen MR) is 80.6 cm³/mol. The molecule has 1 fully saturated rings. The van der Waals surface area contributed by atoms with Crippen molar-refractivity contribution in [3.05, 3.63) is 22.7 Å². The van der Waals surface area contributed by atoms with Gasteiger partial charge < -0.3 is 14.6 Å². The Morgan fingerprint density at radius 1 is 1.15 bits per heavy atom. The molecule has 1 aliphatic rings. The topological polar surface area (TPSA) is 38.7 Å². The van der Waals surface area contributed by atoms with Crippen LogP contribution >= 0.6 is 11.6 Å². The standard InChI is InChI=1S/C16H23ClO3/c1-10-4-6-11(7-5-10)15(18)12-8-9-13(19-2)16(20-3)14(12)17/h8-11,15,18H,4-7H2,1-3H3. The second kappa shape index (κ2) is 6.68. The van der Waals surface area contributed by atoms with Gasteiger partial charge in [-0.25, -0.2) is 0 Å². The van der Waals surface area contributed by atoms with E-state index in [0.29, 0.717) is 16.5 Å². The Morgan fingerprint density at radius 2 is 1.80 bits per heavy atom. The summed E-state index contributed by atoms with van der Waals surface area (Å²) < 4.78 is 10.5. The van der Waals surface area contributed by atoms with Gasteiger partial charge in [-0.2, -0.15) is 0 Å². The zero-order valence-electron chi connectivity index (χ0n) is 12.4. The first-order valence-corrected chi connectivity index (χ1v) is 7.54. The number of benzene rings is 1. The summed E-state index contributed by atoms with van der Waals surface area (Å²) in [6.45, 7) is 2.27. The van der Waals surface area contributed by atoms with E-state index in [-0.39, 0.29) is 5.92 Å². The van der Waals surface area contributed by atoms with Gasteiger partial charge in [-0.15, -0.1) is 0 Å². The van der Waals surface area contributed by atoms with Crippen LogP contribution in [0.3, 0.4) is 0 Å². The van der Waals surface area contributed by atoms with Gasteiger partial charge in [-0.1, -0.05) is 37.4 Å². The summed E-state index contributed by atoms with van der Waals surface area (Å²) in [6.07, 6.45) is 3.91. The molecule has 0 aliphatic heterocycles. The van der Waals surface area contributed by atoms with Crippen LogP contribution in [0.15, 0.2) is 12.1 Å². The molecule has 1 aromatic rings. The molecule has 20 heavy (non-hydrogen) atoms. The van der Waals surface area contributed by atoms with E-state index in [0.717, 1.165) is 24.3 Å². The van der Waals surface area contributed by atoms with Crippen LogP contribution in [0.1, 0.15) is 44.3 Å². The fraction of sp³-hybridized carbons (Fsp3) is 0.625. The predicted octanol–water partition coefficient (Wildman–Crippen LogP) is 4.22. The maximum atomic E-state index is 10.6. The van der Waals surface area contributed by atoms with E-state index in [1.807, 2.05) is 6.07 Å². The largest absolute Gasteiger partial charge is 0.493 e. The van der Waals surface area contributed by atoms with Crippen LogP contribution in [0.2, 0.25) is 5.02 Å². The van der Waals surface area contributed by atoms with Crippen LogP contribution < -0.4 is 9.47 Å². The first-order chi connectivity index (χ1) is 9.58. The number of aliphatic hydroxyl groups excluding tert-OH is 1. The van der Waals surface area contributed by atoms with Crippen molar-refractivity contribution in [1.29, 1.82) is 0 Å². The van der Waals surface area contributed by atoms with Crippen LogP contribution in [0.4, 0.5) is 0 Å². The van der Waals surface area contributed by atoms with Crippen molar-refractivity contribution in [1.82, 2.24) is 0 Å². The lowest BCUT2D eigenvalue weighted by Crippen LogP contribution is -2.19. The van der Waals surface area contributed by atoms with E-state index in [1.54, 1.807) is 20.3 Å². The number of rotatable bonds is 4. The smallest absolute Gasteiger partial charge is 0.179 e. The van der Waals surface area contributed by atoms with Crippen molar-refractivity contribution in [2.24, 2.45) is 11.8 Å². The average molecular weight is 299 g/mol. The minimum Gasteiger partial charge on any atom is -0.493 e. The summed E-state index contributed by atoms with van der Waals surface area (Å²) in [6, 6.07) is 3.64. The fourth-order valence-electron chi connectivity index (χ4n) is 2.99. The quantitative estimate of drug-likeness (QED) is 0.904. The highest BCUT2D eigenvalue weighted by Gasteiger charge is 2.28. The molecule has 3 nitrogen and oxygen atoms in total. The molecule has 0 radical (unpaired) electrons. The molecule has 1 unspecified atom stereocenters. The lowest BCUT2D eigenvalue weighted by molar-refractivity contribution is 0.0754. The van der Waals surface area contributed by atoms with Crippen LogP contribution in [0.25, 0.3) is 0 Å². The minimum absolute atomic E-state index is 0.279.